The van der Waals surface area contributed by atoms with Crippen molar-refractivity contribution in [3.8, 4) is 0 Å². The van der Waals surface area contributed by atoms with Crippen molar-refractivity contribution in [2.75, 3.05) is 0 Å². The van der Waals surface area contributed by atoms with Crippen LogP contribution in [0.5, 0.6) is 0 Å². The van der Waals surface area contributed by atoms with Gasteiger partial charge in [-0.15, -0.1) is 0 Å². The maximum atomic E-state index is 4.79. The number of hydrogen-bond acceptors (Lipinski definition) is 4. The number of imidazole rings is 1. The fourth-order valence-electron chi connectivity index (χ4n) is 2.57. The lowest BCUT2D eigenvalue weighted by Crippen LogP contribution is -2.04. The van der Waals surface area contributed by atoms with Gasteiger partial charge in [0.05, 0.1) is 16.8 Å². The maximum absolute atomic E-state index is 4.79. The molecule has 2 heterocycles. The molecule has 6 heteroatoms. The van der Waals surface area contributed by atoms with E-state index in [0.717, 1.165) is 34.3 Å². The van der Waals surface area contributed by atoms with Crippen LogP contribution in [0, 0.1) is 0 Å². The number of nitrogens with zero attached hydrogens (tertiary/aromatic N) is 4. The molecule has 4 aromatic rings. The Hall–Kier alpha value is -2.60. The molecule has 1 N–H and O–H groups in total. The molecular formula is C17H15N5S. The first kappa shape index (κ1) is 14.0. The highest BCUT2D eigenvalue weighted by molar-refractivity contribution is 7.98. The number of benzene rings is 2. The summed E-state index contributed by atoms with van der Waals surface area (Å²) in [6.45, 7) is 0.813. The van der Waals surface area contributed by atoms with Crippen molar-refractivity contribution < 1.29 is 0 Å². The minimum Gasteiger partial charge on any atom is -0.323 e. The lowest BCUT2D eigenvalue weighted by Gasteiger charge is -2.09. The number of H-pyrrole nitrogens is 1. The summed E-state index contributed by atoms with van der Waals surface area (Å²) in [5, 5.41) is 7.57. The van der Waals surface area contributed by atoms with Crippen LogP contribution in [-0.4, -0.2) is 24.7 Å². The van der Waals surface area contributed by atoms with Crippen molar-refractivity contribution in [2.24, 2.45) is 0 Å². The van der Waals surface area contributed by atoms with Crippen LogP contribution in [0.15, 0.2) is 66.1 Å². The monoisotopic (exact) mass is 321 g/mol. The lowest BCUT2D eigenvalue weighted by atomic mass is 10.2. The summed E-state index contributed by atoms with van der Waals surface area (Å²) >= 11 is 1.61. The molecule has 114 valence electrons. The van der Waals surface area contributed by atoms with Crippen LogP contribution in [0.2, 0.25) is 0 Å². The zero-order chi connectivity index (χ0) is 15.5. The molecule has 0 saturated heterocycles. The Morgan fingerprint density at radius 2 is 1.83 bits per heavy atom. The van der Waals surface area contributed by atoms with E-state index in [2.05, 4.69) is 62.2 Å². The van der Waals surface area contributed by atoms with Crippen molar-refractivity contribution in [2.45, 2.75) is 17.5 Å². The Kier molecular flexibility index (Phi) is 3.81. The molecule has 0 aliphatic heterocycles. The van der Waals surface area contributed by atoms with E-state index in [4.69, 9.17) is 4.98 Å². The highest BCUT2D eigenvalue weighted by atomic mass is 32.2. The van der Waals surface area contributed by atoms with E-state index in [1.54, 1.807) is 11.8 Å². The van der Waals surface area contributed by atoms with Gasteiger partial charge in [-0.1, -0.05) is 54.2 Å². The maximum Gasteiger partial charge on any atom is 0.183 e. The molecule has 0 aliphatic carbocycles. The molecule has 0 bridgehead atoms. The SMILES string of the molecule is c1ccc(Cn2c(CSc3ncn[nH]3)nc3ccccc32)cc1. The van der Waals surface area contributed by atoms with Crippen molar-refractivity contribution in [3.63, 3.8) is 0 Å². The summed E-state index contributed by atoms with van der Waals surface area (Å²) in [6.07, 6.45) is 1.52. The second kappa shape index (κ2) is 6.26. The predicted molar refractivity (Wildman–Crippen MR) is 91.2 cm³/mol. The number of fused-ring (bicyclic) bond motifs is 1. The van der Waals surface area contributed by atoms with E-state index in [9.17, 15) is 0 Å². The highest BCUT2D eigenvalue weighted by Gasteiger charge is 2.11. The van der Waals surface area contributed by atoms with Crippen LogP contribution >= 0.6 is 11.8 Å². The normalized spacial score (nSPS) is 11.1. The number of nitrogens with one attached hydrogen (secondary N) is 1. The summed E-state index contributed by atoms with van der Waals surface area (Å²) in [4.78, 5) is 8.95. The van der Waals surface area contributed by atoms with E-state index in [0.29, 0.717) is 0 Å². The third kappa shape index (κ3) is 2.98. The van der Waals surface area contributed by atoms with E-state index in [-0.39, 0.29) is 0 Å². The lowest BCUT2D eigenvalue weighted by molar-refractivity contribution is 0.779. The van der Waals surface area contributed by atoms with Gasteiger partial charge in [-0.25, -0.2) is 9.97 Å². The smallest absolute Gasteiger partial charge is 0.183 e. The van der Waals surface area contributed by atoms with Crippen LogP contribution in [0.1, 0.15) is 11.4 Å². The second-order valence-corrected chi connectivity index (χ2v) is 6.13. The Morgan fingerprint density at radius 3 is 2.65 bits per heavy atom. The van der Waals surface area contributed by atoms with Gasteiger partial charge in [0.1, 0.15) is 12.2 Å². The van der Waals surface area contributed by atoms with Gasteiger partial charge in [0.15, 0.2) is 5.16 Å². The Labute approximate surface area is 137 Å². The molecule has 0 radical (unpaired) electrons. The van der Waals surface area contributed by atoms with Crippen molar-refractivity contribution in [1.82, 2.24) is 24.7 Å². The molecule has 23 heavy (non-hydrogen) atoms. The Balaban J connectivity index is 1.69. The third-order valence-corrected chi connectivity index (χ3v) is 4.52. The van der Waals surface area contributed by atoms with Crippen molar-refractivity contribution in [1.29, 1.82) is 0 Å². The summed E-state index contributed by atoms with van der Waals surface area (Å²) in [5.41, 5.74) is 3.45. The molecule has 0 aliphatic rings. The van der Waals surface area contributed by atoms with Gasteiger partial charge in [0, 0.05) is 6.54 Å². The Bertz CT molecular complexity index is 899. The molecular weight excluding hydrogens is 306 g/mol. The first-order chi connectivity index (χ1) is 11.4. The van der Waals surface area contributed by atoms with E-state index < -0.39 is 0 Å². The predicted octanol–water partition coefficient (Wildman–Crippen LogP) is 3.50. The van der Waals surface area contributed by atoms with Gasteiger partial charge in [0.2, 0.25) is 0 Å². The standard InChI is InChI=1S/C17H15N5S/c1-2-6-13(7-3-1)10-22-15-9-5-4-8-14(15)20-16(22)11-23-17-18-12-19-21-17/h1-9,12H,10-11H2,(H,18,19,21). The molecule has 0 fully saturated rings. The average Bonchev–Trinajstić information content (AvgIpc) is 3.22. The number of aromatic nitrogens is 5. The molecule has 0 saturated carbocycles. The molecule has 2 aromatic carbocycles. The Morgan fingerprint density at radius 1 is 1.00 bits per heavy atom. The zero-order valence-corrected chi connectivity index (χ0v) is 13.2. The fourth-order valence-corrected chi connectivity index (χ4v) is 3.30. The molecule has 2 aromatic heterocycles. The van der Waals surface area contributed by atoms with Crippen LogP contribution in [-0.2, 0) is 12.3 Å². The molecule has 0 unspecified atom stereocenters. The number of rotatable bonds is 5. The number of hydrogen-bond donors (Lipinski definition) is 1. The average molecular weight is 321 g/mol. The van der Waals surface area contributed by atoms with Gasteiger partial charge in [-0.3, -0.25) is 5.10 Å². The van der Waals surface area contributed by atoms with Crippen LogP contribution < -0.4 is 0 Å². The first-order valence-corrected chi connectivity index (χ1v) is 8.35. The van der Waals surface area contributed by atoms with Crippen molar-refractivity contribution >= 4 is 22.8 Å². The fraction of sp³-hybridized carbons (Fsp3) is 0.118. The first-order valence-electron chi connectivity index (χ1n) is 7.36. The summed E-state index contributed by atoms with van der Waals surface area (Å²) in [5.74, 6) is 1.79. The minimum absolute atomic E-state index is 0.747. The molecule has 0 spiro atoms. The van der Waals surface area contributed by atoms with Gasteiger partial charge in [-0.2, -0.15) is 5.10 Å². The van der Waals surface area contributed by atoms with Gasteiger partial charge in [-0.05, 0) is 17.7 Å². The van der Waals surface area contributed by atoms with Gasteiger partial charge >= 0.3 is 0 Å². The molecule has 0 amide bonds. The van der Waals surface area contributed by atoms with Crippen LogP contribution in [0.4, 0.5) is 0 Å². The third-order valence-electron chi connectivity index (χ3n) is 3.65. The van der Waals surface area contributed by atoms with E-state index >= 15 is 0 Å². The van der Waals surface area contributed by atoms with Gasteiger partial charge < -0.3 is 4.57 Å². The summed E-state index contributed by atoms with van der Waals surface area (Å²) in [7, 11) is 0. The highest BCUT2D eigenvalue weighted by Crippen LogP contribution is 2.23. The molecule has 4 rings (SSSR count). The number of aromatic amines is 1. The van der Waals surface area contributed by atoms with E-state index in [1.165, 1.54) is 11.9 Å². The largest absolute Gasteiger partial charge is 0.323 e. The quantitative estimate of drug-likeness (QED) is 0.572. The van der Waals surface area contributed by atoms with Gasteiger partial charge in [0.25, 0.3) is 0 Å². The summed E-state index contributed by atoms with van der Waals surface area (Å²) in [6, 6.07) is 18.7. The second-order valence-electron chi connectivity index (χ2n) is 5.17. The molecule has 5 nitrogen and oxygen atoms in total. The molecule has 0 atom stereocenters. The van der Waals surface area contributed by atoms with Crippen LogP contribution in [0.25, 0.3) is 11.0 Å². The minimum atomic E-state index is 0.747. The number of para-hydroxylation sites is 2. The van der Waals surface area contributed by atoms with Crippen LogP contribution in [0.3, 0.4) is 0 Å². The topological polar surface area (TPSA) is 59.4 Å². The van der Waals surface area contributed by atoms with E-state index in [1.807, 2.05) is 12.1 Å². The van der Waals surface area contributed by atoms with Crippen molar-refractivity contribution in [3.05, 3.63) is 72.3 Å². The zero-order valence-electron chi connectivity index (χ0n) is 12.4. The summed E-state index contributed by atoms with van der Waals surface area (Å²) < 4.78 is 2.27. The number of thioether (sulfide) groups is 1.